The predicted molar refractivity (Wildman–Crippen MR) is 84.3 cm³/mol. The van der Waals surface area contributed by atoms with Gasteiger partial charge in [0.25, 0.3) is 0 Å². The molecule has 1 aliphatic rings. The molecule has 3 rings (SSSR count). The zero-order valence-corrected chi connectivity index (χ0v) is 12.6. The third-order valence-electron chi connectivity index (χ3n) is 3.82. The second-order valence-electron chi connectivity index (χ2n) is 5.09. The van der Waals surface area contributed by atoms with Gasteiger partial charge in [0.05, 0.1) is 21.9 Å². The lowest BCUT2D eigenvalue weighted by Crippen LogP contribution is -2.23. The van der Waals surface area contributed by atoms with Gasteiger partial charge in [0.15, 0.2) is 0 Å². The van der Waals surface area contributed by atoms with Crippen LogP contribution in [0.3, 0.4) is 0 Å². The molecule has 1 unspecified atom stereocenters. The molecule has 2 aromatic rings. The summed E-state index contributed by atoms with van der Waals surface area (Å²) in [6.45, 7) is 0.946. The number of rotatable bonds is 2. The largest absolute Gasteiger partial charge is 0.397 e. The topological polar surface area (TPSA) is 29.3 Å². The number of nitrogens with two attached hydrogens (primary N) is 1. The third kappa shape index (κ3) is 2.40. The Balaban J connectivity index is 1.99. The Hall–Kier alpha value is -1.55. The molecule has 2 N–H and O–H groups in total. The van der Waals surface area contributed by atoms with E-state index in [4.69, 9.17) is 5.73 Å². The number of anilines is 2. The zero-order valence-electron chi connectivity index (χ0n) is 11.0. The van der Waals surface area contributed by atoms with Gasteiger partial charge < -0.3 is 10.6 Å². The maximum Gasteiger partial charge on any atom is 0.139 e. The Kier molecular flexibility index (Phi) is 3.66. The van der Waals surface area contributed by atoms with Crippen molar-refractivity contribution in [2.45, 2.75) is 18.9 Å². The van der Waals surface area contributed by atoms with Gasteiger partial charge in [-0.05, 0) is 40.4 Å². The number of benzene rings is 2. The molecule has 1 heterocycles. The van der Waals surface area contributed by atoms with Crippen molar-refractivity contribution in [2.24, 2.45) is 0 Å². The Morgan fingerprint density at radius 2 is 1.95 bits per heavy atom. The van der Waals surface area contributed by atoms with Gasteiger partial charge in [-0.25, -0.2) is 4.39 Å². The molecule has 20 heavy (non-hydrogen) atoms. The van der Waals surface area contributed by atoms with E-state index in [1.807, 2.05) is 6.07 Å². The first-order valence-corrected chi connectivity index (χ1v) is 7.52. The molecular formula is C16H16BrFN2. The summed E-state index contributed by atoms with van der Waals surface area (Å²) in [6, 6.07) is 13.9. The van der Waals surface area contributed by atoms with E-state index in [1.54, 1.807) is 6.07 Å². The monoisotopic (exact) mass is 334 g/mol. The van der Waals surface area contributed by atoms with Gasteiger partial charge in [-0.15, -0.1) is 0 Å². The van der Waals surface area contributed by atoms with Gasteiger partial charge in [0.1, 0.15) is 5.82 Å². The second-order valence-corrected chi connectivity index (χ2v) is 5.94. The summed E-state index contributed by atoms with van der Waals surface area (Å²) in [5, 5.41) is 0. The fourth-order valence-corrected chi connectivity index (χ4v) is 3.21. The van der Waals surface area contributed by atoms with Crippen molar-refractivity contribution >= 4 is 27.3 Å². The Morgan fingerprint density at radius 1 is 1.20 bits per heavy atom. The molecule has 104 valence electrons. The number of halogens is 2. The summed E-state index contributed by atoms with van der Waals surface area (Å²) in [5.74, 6) is -0.318. The van der Waals surface area contributed by atoms with Gasteiger partial charge in [-0.1, -0.05) is 30.3 Å². The Bertz CT molecular complexity index is 615. The van der Waals surface area contributed by atoms with Crippen LogP contribution in [0.15, 0.2) is 46.9 Å². The van der Waals surface area contributed by atoms with Crippen molar-refractivity contribution in [1.82, 2.24) is 0 Å². The van der Waals surface area contributed by atoms with Crippen LogP contribution in [-0.2, 0) is 0 Å². The van der Waals surface area contributed by atoms with Crippen LogP contribution < -0.4 is 10.6 Å². The van der Waals surface area contributed by atoms with Crippen LogP contribution in [0.2, 0.25) is 0 Å². The minimum Gasteiger partial charge on any atom is -0.397 e. The highest BCUT2D eigenvalue weighted by Crippen LogP contribution is 2.40. The van der Waals surface area contributed by atoms with Crippen LogP contribution in [0, 0.1) is 5.82 Å². The predicted octanol–water partition coefficient (Wildman–Crippen LogP) is 4.51. The van der Waals surface area contributed by atoms with Crippen LogP contribution in [0.4, 0.5) is 15.8 Å². The van der Waals surface area contributed by atoms with Crippen molar-refractivity contribution in [3.05, 3.63) is 58.3 Å². The molecule has 1 fully saturated rings. The highest BCUT2D eigenvalue weighted by Gasteiger charge is 2.27. The summed E-state index contributed by atoms with van der Waals surface area (Å²) in [4.78, 5) is 2.27. The SMILES string of the molecule is Nc1cc(F)c(Br)cc1N1CCCC1c1ccccc1. The van der Waals surface area contributed by atoms with Crippen molar-refractivity contribution in [2.75, 3.05) is 17.2 Å². The lowest BCUT2D eigenvalue weighted by molar-refractivity contribution is 0.621. The standard InChI is InChI=1S/C16H16BrFN2/c17-12-9-16(14(19)10-13(12)18)20-8-4-7-15(20)11-5-2-1-3-6-11/h1-3,5-6,9-10,15H,4,7-8,19H2. The average molecular weight is 335 g/mol. The highest BCUT2D eigenvalue weighted by molar-refractivity contribution is 9.10. The summed E-state index contributed by atoms with van der Waals surface area (Å²) in [5.41, 5.74) is 8.69. The fourth-order valence-electron chi connectivity index (χ4n) is 2.88. The third-order valence-corrected chi connectivity index (χ3v) is 4.42. The zero-order chi connectivity index (χ0) is 14.1. The molecule has 1 atom stereocenters. The van der Waals surface area contributed by atoms with Crippen LogP contribution in [0.1, 0.15) is 24.4 Å². The lowest BCUT2D eigenvalue weighted by atomic mass is 10.0. The van der Waals surface area contributed by atoms with Crippen molar-refractivity contribution in [3.8, 4) is 0 Å². The molecular weight excluding hydrogens is 319 g/mol. The van der Waals surface area contributed by atoms with Crippen molar-refractivity contribution in [3.63, 3.8) is 0 Å². The molecule has 2 aromatic carbocycles. The molecule has 0 radical (unpaired) electrons. The first kappa shape index (κ1) is 13.4. The van der Waals surface area contributed by atoms with Gasteiger partial charge in [-0.3, -0.25) is 0 Å². The first-order chi connectivity index (χ1) is 9.66. The van der Waals surface area contributed by atoms with E-state index in [2.05, 4.69) is 45.1 Å². The minimum absolute atomic E-state index is 0.316. The molecule has 0 saturated carbocycles. The number of nitrogen functional groups attached to an aromatic ring is 1. The highest BCUT2D eigenvalue weighted by atomic mass is 79.9. The van der Waals surface area contributed by atoms with Crippen molar-refractivity contribution < 1.29 is 4.39 Å². The Morgan fingerprint density at radius 3 is 2.70 bits per heavy atom. The number of nitrogens with zero attached hydrogens (tertiary/aromatic N) is 1. The molecule has 4 heteroatoms. The molecule has 1 aliphatic heterocycles. The summed E-state index contributed by atoms with van der Waals surface area (Å²) in [7, 11) is 0. The smallest absolute Gasteiger partial charge is 0.139 e. The summed E-state index contributed by atoms with van der Waals surface area (Å²) >= 11 is 3.25. The Labute approximate surface area is 126 Å². The molecule has 1 saturated heterocycles. The molecule has 2 nitrogen and oxygen atoms in total. The molecule has 0 aliphatic carbocycles. The molecule has 0 spiro atoms. The minimum atomic E-state index is -0.318. The number of hydrogen-bond donors (Lipinski definition) is 1. The van der Waals surface area contributed by atoms with Crippen LogP contribution >= 0.6 is 15.9 Å². The van der Waals surface area contributed by atoms with Gasteiger partial charge >= 0.3 is 0 Å². The molecule has 0 bridgehead atoms. The summed E-state index contributed by atoms with van der Waals surface area (Å²) < 4.78 is 14.0. The van der Waals surface area contributed by atoms with Gasteiger partial charge in [0, 0.05) is 12.6 Å². The quantitative estimate of drug-likeness (QED) is 0.818. The summed E-state index contributed by atoms with van der Waals surface area (Å²) in [6.07, 6.45) is 2.21. The first-order valence-electron chi connectivity index (χ1n) is 6.73. The van der Waals surface area contributed by atoms with E-state index in [0.29, 0.717) is 16.2 Å². The molecule has 0 amide bonds. The maximum absolute atomic E-state index is 13.5. The van der Waals surface area contributed by atoms with Crippen LogP contribution in [-0.4, -0.2) is 6.54 Å². The van der Waals surface area contributed by atoms with Gasteiger partial charge in [0.2, 0.25) is 0 Å². The van der Waals surface area contributed by atoms with E-state index in [1.165, 1.54) is 11.6 Å². The second kappa shape index (κ2) is 5.44. The van der Waals surface area contributed by atoms with Crippen LogP contribution in [0.25, 0.3) is 0 Å². The normalized spacial score (nSPS) is 18.5. The maximum atomic E-state index is 13.5. The fraction of sp³-hybridized carbons (Fsp3) is 0.250. The number of hydrogen-bond acceptors (Lipinski definition) is 2. The van der Waals surface area contributed by atoms with E-state index >= 15 is 0 Å². The van der Waals surface area contributed by atoms with E-state index in [0.717, 1.165) is 25.1 Å². The van der Waals surface area contributed by atoms with E-state index in [9.17, 15) is 4.39 Å². The molecule has 0 aromatic heterocycles. The lowest BCUT2D eigenvalue weighted by Gasteiger charge is -2.28. The van der Waals surface area contributed by atoms with Crippen molar-refractivity contribution in [1.29, 1.82) is 0 Å². The van der Waals surface area contributed by atoms with E-state index in [-0.39, 0.29) is 5.82 Å². The van der Waals surface area contributed by atoms with Gasteiger partial charge in [-0.2, -0.15) is 0 Å². The average Bonchev–Trinajstić information content (AvgIpc) is 2.93. The van der Waals surface area contributed by atoms with E-state index < -0.39 is 0 Å². The van der Waals surface area contributed by atoms with Crippen LogP contribution in [0.5, 0.6) is 0 Å².